The van der Waals surface area contributed by atoms with Gasteiger partial charge in [-0.05, 0) is 40.2 Å². The number of aromatic nitrogens is 1. The highest BCUT2D eigenvalue weighted by atomic mass is 79.9. The lowest BCUT2D eigenvalue weighted by atomic mass is 10.2. The molecule has 1 aromatic carbocycles. The zero-order valence-corrected chi connectivity index (χ0v) is 12.3. The van der Waals surface area contributed by atoms with Crippen LogP contribution in [0.5, 0.6) is 5.75 Å². The van der Waals surface area contributed by atoms with Crippen molar-refractivity contribution in [2.75, 3.05) is 7.11 Å². The van der Waals surface area contributed by atoms with Gasteiger partial charge < -0.3 is 4.74 Å². The van der Waals surface area contributed by atoms with E-state index in [4.69, 9.17) is 4.74 Å². The van der Waals surface area contributed by atoms with E-state index in [1.54, 1.807) is 43.8 Å². The lowest BCUT2D eigenvalue weighted by Crippen LogP contribution is -2.17. The molecule has 0 aliphatic carbocycles. The Kier molecular flexibility index (Phi) is 4.84. The van der Waals surface area contributed by atoms with E-state index in [2.05, 4.69) is 31.4 Å². The Balaban J connectivity index is 2.02. The second-order valence-electron chi connectivity index (χ2n) is 3.83. The summed E-state index contributed by atoms with van der Waals surface area (Å²) in [5, 5.41) is 3.88. The summed E-state index contributed by atoms with van der Waals surface area (Å²) < 4.78 is 5.82. The first-order valence-corrected chi connectivity index (χ1v) is 6.57. The molecular weight excluding hydrogens is 322 g/mol. The van der Waals surface area contributed by atoms with Crippen molar-refractivity contribution in [1.29, 1.82) is 0 Å². The Morgan fingerprint density at radius 1 is 1.45 bits per heavy atom. The summed E-state index contributed by atoms with van der Waals surface area (Å²) >= 11 is 3.33. The Bertz CT molecular complexity index is 630. The van der Waals surface area contributed by atoms with Crippen LogP contribution in [0.15, 0.2) is 52.3 Å². The van der Waals surface area contributed by atoms with Crippen LogP contribution in [0.2, 0.25) is 0 Å². The van der Waals surface area contributed by atoms with Crippen molar-refractivity contribution >= 4 is 28.1 Å². The van der Waals surface area contributed by atoms with Gasteiger partial charge in [-0.25, -0.2) is 5.43 Å². The SMILES string of the molecule is COc1ccc(C(=O)NN=Cc2cccnc2)cc1Br. The van der Waals surface area contributed by atoms with E-state index in [1.807, 2.05) is 6.07 Å². The Hall–Kier alpha value is -2.21. The van der Waals surface area contributed by atoms with E-state index < -0.39 is 0 Å². The molecule has 1 aromatic heterocycles. The standard InChI is InChI=1S/C14H12BrN3O2/c1-20-13-5-4-11(7-12(13)15)14(19)18-17-9-10-3-2-6-16-8-10/h2-9H,1H3,(H,18,19). The molecule has 0 fully saturated rings. The summed E-state index contributed by atoms with van der Waals surface area (Å²) in [5.41, 5.74) is 3.75. The van der Waals surface area contributed by atoms with Crippen molar-refractivity contribution in [3.05, 3.63) is 58.3 Å². The molecule has 20 heavy (non-hydrogen) atoms. The van der Waals surface area contributed by atoms with E-state index in [0.29, 0.717) is 15.8 Å². The number of hydrazone groups is 1. The summed E-state index contributed by atoms with van der Waals surface area (Å²) in [4.78, 5) is 15.8. The molecule has 0 aliphatic rings. The first-order chi connectivity index (χ1) is 9.70. The predicted octanol–water partition coefficient (Wildman–Crippen LogP) is 2.62. The number of carbonyl (C=O) groups excluding carboxylic acids is 1. The molecule has 1 amide bonds. The zero-order chi connectivity index (χ0) is 14.4. The monoisotopic (exact) mass is 333 g/mol. The number of ether oxygens (including phenoxy) is 1. The fourth-order valence-corrected chi connectivity index (χ4v) is 2.03. The lowest BCUT2D eigenvalue weighted by Gasteiger charge is -2.05. The predicted molar refractivity (Wildman–Crippen MR) is 80.0 cm³/mol. The second-order valence-corrected chi connectivity index (χ2v) is 4.69. The van der Waals surface area contributed by atoms with Crippen LogP contribution < -0.4 is 10.2 Å². The van der Waals surface area contributed by atoms with Gasteiger partial charge >= 0.3 is 0 Å². The number of nitrogens with one attached hydrogen (secondary N) is 1. The third-order valence-electron chi connectivity index (χ3n) is 2.48. The Morgan fingerprint density at radius 2 is 2.30 bits per heavy atom. The van der Waals surface area contributed by atoms with E-state index in [-0.39, 0.29) is 5.91 Å². The number of halogens is 1. The normalized spacial score (nSPS) is 10.5. The van der Waals surface area contributed by atoms with Crippen LogP contribution in [-0.4, -0.2) is 24.2 Å². The van der Waals surface area contributed by atoms with E-state index in [9.17, 15) is 4.79 Å². The topological polar surface area (TPSA) is 63.6 Å². The number of benzene rings is 1. The van der Waals surface area contributed by atoms with Crippen LogP contribution in [0.3, 0.4) is 0 Å². The molecule has 102 valence electrons. The summed E-state index contributed by atoms with van der Waals surface area (Å²) in [6, 6.07) is 8.69. The van der Waals surface area contributed by atoms with Gasteiger partial charge in [0.2, 0.25) is 0 Å². The van der Waals surface area contributed by atoms with Crippen LogP contribution in [0.1, 0.15) is 15.9 Å². The number of methoxy groups -OCH3 is 1. The van der Waals surface area contributed by atoms with Crippen LogP contribution in [-0.2, 0) is 0 Å². The summed E-state index contributed by atoms with van der Waals surface area (Å²) in [5.74, 6) is 0.369. The number of nitrogens with zero attached hydrogens (tertiary/aromatic N) is 2. The number of hydrogen-bond acceptors (Lipinski definition) is 4. The third kappa shape index (κ3) is 3.64. The molecule has 0 unspecified atom stereocenters. The highest BCUT2D eigenvalue weighted by molar-refractivity contribution is 9.10. The molecule has 1 N–H and O–H groups in total. The van der Waals surface area contributed by atoms with Gasteiger partial charge in [0.05, 0.1) is 17.8 Å². The van der Waals surface area contributed by atoms with E-state index >= 15 is 0 Å². The van der Waals surface area contributed by atoms with Gasteiger partial charge in [-0.2, -0.15) is 5.10 Å². The summed E-state index contributed by atoms with van der Waals surface area (Å²) in [7, 11) is 1.57. The van der Waals surface area contributed by atoms with Gasteiger partial charge in [-0.3, -0.25) is 9.78 Å². The maximum absolute atomic E-state index is 11.9. The molecule has 5 nitrogen and oxygen atoms in total. The smallest absolute Gasteiger partial charge is 0.271 e. The van der Waals surface area contributed by atoms with Gasteiger partial charge in [0.25, 0.3) is 5.91 Å². The van der Waals surface area contributed by atoms with Crippen molar-refractivity contribution in [1.82, 2.24) is 10.4 Å². The van der Waals surface area contributed by atoms with Crippen molar-refractivity contribution < 1.29 is 9.53 Å². The molecule has 0 aliphatic heterocycles. The van der Waals surface area contributed by atoms with Crippen molar-refractivity contribution in [2.45, 2.75) is 0 Å². The molecule has 0 bridgehead atoms. The van der Waals surface area contributed by atoms with Gasteiger partial charge in [-0.1, -0.05) is 6.07 Å². The molecular formula is C14H12BrN3O2. The lowest BCUT2D eigenvalue weighted by molar-refractivity contribution is 0.0955. The van der Waals surface area contributed by atoms with Crippen molar-refractivity contribution in [2.24, 2.45) is 5.10 Å². The maximum atomic E-state index is 11.9. The van der Waals surface area contributed by atoms with Crippen LogP contribution >= 0.6 is 15.9 Å². The molecule has 2 rings (SSSR count). The van der Waals surface area contributed by atoms with Crippen LogP contribution in [0, 0.1) is 0 Å². The number of pyridine rings is 1. The maximum Gasteiger partial charge on any atom is 0.271 e. The quantitative estimate of drug-likeness (QED) is 0.691. The molecule has 1 heterocycles. The summed E-state index contributed by atoms with van der Waals surface area (Å²) in [6.07, 6.45) is 4.86. The molecule has 0 saturated heterocycles. The Morgan fingerprint density at radius 3 is 2.95 bits per heavy atom. The first-order valence-electron chi connectivity index (χ1n) is 5.77. The summed E-state index contributed by atoms with van der Waals surface area (Å²) in [6.45, 7) is 0. The average molecular weight is 334 g/mol. The number of hydrogen-bond donors (Lipinski definition) is 1. The van der Waals surface area contributed by atoms with Gasteiger partial charge in [0.15, 0.2) is 0 Å². The minimum Gasteiger partial charge on any atom is -0.496 e. The minimum absolute atomic E-state index is 0.298. The molecule has 0 saturated carbocycles. The number of amides is 1. The molecule has 6 heteroatoms. The fraction of sp³-hybridized carbons (Fsp3) is 0.0714. The third-order valence-corrected chi connectivity index (χ3v) is 3.10. The highest BCUT2D eigenvalue weighted by Gasteiger charge is 2.07. The number of carbonyl (C=O) groups is 1. The zero-order valence-electron chi connectivity index (χ0n) is 10.7. The average Bonchev–Trinajstić information content (AvgIpc) is 2.48. The van der Waals surface area contributed by atoms with E-state index in [0.717, 1.165) is 5.56 Å². The first kappa shape index (κ1) is 14.2. The van der Waals surface area contributed by atoms with Crippen molar-refractivity contribution in [3.8, 4) is 5.75 Å². The van der Waals surface area contributed by atoms with Gasteiger partial charge in [-0.15, -0.1) is 0 Å². The minimum atomic E-state index is -0.298. The molecule has 2 aromatic rings. The number of rotatable bonds is 4. The highest BCUT2D eigenvalue weighted by Crippen LogP contribution is 2.25. The molecule has 0 radical (unpaired) electrons. The van der Waals surface area contributed by atoms with Crippen LogP contribution in [0.4, 0.5) is 0 Å². The molecule has 0 spiro atoms. The van der Waals surface area contributed by atoms with Crippen LogP contribution in [0.25, 0.3) is 0 Å². The van der Waals surface area contributed by atoms with E-state index in [1.165, 1.54) is 6.21 Å². The second kappa shape index (κ2) is 6.81. The molecule has 0 atom stereocenters. The van der Waals surface area contributed by atoms with Gasteiger partial charge in [0.1, 0.15) is 5.75 Å². The van der Waals surface area contributed by atoms with Crippen molar-refractivity contribution in [3.63, 3.8) is 0 Å². The van der Waals surface area contributed by atoms with Gasteiger partial charge in [0, 0.05) is 23.5 Å². The largest absolute Gasteiger partial charge is 0.496 e. The fourth-order valence-electron chi connectivity index (χ4n) is 1.49. The Labute approximate surface area is 124 Å².